The fourth-order valence-electron chi connectivity index (χ4n) is 2.14. The van der Waals surface area contributed by atoms with E-state index in [1.807, 2.05) is 37.5 Å². The summed E-state index contributed by atoms with van der Waals surface area (Å²) in [4.78, 5) is 4.36. The van der Waals surface area contributed by atoms with Crippen LogP contribution in [0, 0.1) is 6.92 Å². The van der Waals surface area contributed by atoms with Crippen molar-refractivity contribution >= 4 is 0 Å². The van der Waals surface area contributed by atoms with Crippen LogP contribution in [0.3, 0.4) is 0 Å². The van der Waals surface area contributed by atoms with Crippen LogP contribution in [-0.4, -0.2) is 24.7 Å². The SMILES string of the molecule is CNC(CCOc1cccc(C)c1)Cc1ccccn1. The minimum Gasteiger partial charge on any atom is -0.494 e. The first-order chi connectivity index (χ1) is 9.78. The van der Waals surface area contributed by atoms with Crippen LogP contribution in [0.5, 0.6) is 5.75 Å². The molecule has 3 heteroatoms. The molecule has 1 aromatic heterocycles. The number of nitrogens with zero attached hydrogens (tertiary/aromatic N) is 1. The van der Waals surface area contributed by atoms with E-state index in [0.717, 1.165) is 24.3 Å². The Balaban J connectivity index is 1.79. The third kappa shape index (κ3) is 4.67. The molecule has 2 aromatic rings. The van der Waals surface area contributed by atoms with Gasteiger partial charge in [-0.2, -0.15) is 0 Å². The second-order valence-electron chi connectivity index (χ2n) is 4.96. The number of aryl methyl sites for hydroxylation is 1. The molecule has 0 aliphatic carbocycles. The molecule has 0 spiro atoms. The Bertz CT molecular complexity index is 513. The van der Waals surface area contributed by atoms with Crippen LogP contribution in [0.1, 0.15) is 17.7 Å². The van der Waals surface area contributed by atoms with Crippen LogP contribution >= 0.6 is 0 Å². The molecule has 0 bridgehead atoms. The van der Waals surface area contributed by atoms with Crippen LogP contribution in [0.15, 0.2) is 48.7 Å². The highest BCUT2D eigenvalue weighted by Crippen LogP contribution is 2.13. The number of hydrogen-bond acceptors (Lipinski definition) is 3. The van der Waals surface area contributed by atoms with Gasteiger partial charge in [0.15, 0.2) is 0 Å². The van der Waals surface area contributed by atoms with E-state index < -0.39 is 0 Å². The van der Waals surface area contributed by atoms with E-state index in [4.69, 9.17) is 4.74 Å². The monoisotopic (exact) mass is 270 g/mol. The van der Waals surface area contributed by atoms with Gasteiger partial charge in [-0.25, -0.2) is 0 Å². The maximum absolute atomic E-state index is 5.80. The molecule has 1 atom stereocenters. The summed E-state index contributed by atoms with van der Waals surface area (Å²) in [5.74, 6) is 0.942. The lowest BCUT2D eigenvalue weighted by Crippen LogP contribution is -2.29. The van der Waals surface area contributed by atoms with Crippen LogP contribution in [0.25, 0.3) is 0 Å². The van der Waals surface area contributed by atoms with Crippen LogP contribution < -0.4 is 10.1 Å². The molecule has 1 unspecified atom stereocenters. The summed E-state index contributed by atoms with van der Waals surface area (Å²) in [5, 5.41) is 3.33. The molecule has 0 radical (unpaired) electrons. The van der Waals surface area contributed by atoms with Gasteiger partial charge in [0.1, 0.15) is 5.75 Å². The van der Waals surface area contributed by atoms with E-state index in [0.29, 0.717) is 12.6 Å². The van der Waals surface area contributed by atoms with Gasteiger partial charge in [-0.15, -0.1) is 0 Å². The summed E-state index contributed by atoms with van der Waals surface area (Å²) in [6.45, 7) is 2.78. The van der Waals surface area contributed by atoms with Gasteiger partial charge in [0.25, 0.3) is 0 Å². The first-order valence-electron chi connectivity index (χ1n) is 7.04. The molecule has 1 heterocycles. The predicted molar refractivity (Wildman–Crippen MR) is 82.1 cm³/mol. The number of likely N-dealkylation sites (N-methyl/N-ethyl adjacent to an activating group) is 1. The lowest BCUT2D eigenvalue weighted by atomic mass is 10.1. The van der Waals surface area contributed by atoms with Crippen molar-refractivity contribution in [2.45, 2.75) is 25.8 Å². The first-order valence-corrected chi connectivity index (χ1v) is 7.04. The van der Waals surface area contributed by atoms with E-state index >= 15 is 0 Å². The van der Waals surface area contributed by atoms with Crippen LogP contribution in [0.2, 0.25) is 0 Å². The molecular formula is C17H22N2O. The third-order valence-electron chi connectivity index (χ3n) is 3.31. The third-order valence-corrected chi connectivity index (χ3v) is 3.31. The van der Waals surface area contributed by atoms with Crippen molar-refractivity contribution in [3.63, 3.8) is 0 Å². The van der Waals surface area contributed by atoms with E-state index in [9.17, 15) is 0 Å². The van der Waals surface area contributed by atoms with Crippen LogP contribution in [-0.2, 0) is 6.42 Å². The smallest absolute Gasteiger partial charge is 0.119 e. The highest BCUT2D eigenvalue weighted by atomic mass is 16.5. The number of pyridine rings is 1. The zero-order valence-electron chi connectivity index (χ0n) is 12.2. The summed E-state index contributed by atoms with van der Waals surface area (Å²) in [7, 11) is 1.99. The lowest BCUT2D eigenvalue weighted by Gasteiger charge is -2.16. The maximum Gasteiger partial charge on any atom is 0.119 e. The zero-order valence-corrected chi connectivity index (χ0v) is 12.2. The second-order valence-corrected chi connectivity index (χ2v) is 4.96. The highest BCUT2D eigenvalue weighted by molar-refractivity contribution is 5.27. The normalized spacial score (nSPS) is 12.1. The number of rotatable bonds is 7. The van der Waals surface area contributed by atoms with Crippen LogP contribution in [0.4, 0.5) is 0 Å². The molecule has 0 saturated heterocycles. The number of hydrogen-bond donors (Lipinski definition) is 1. The lowest BCUT2D eigenvalue weighted by molar-refractivity contribution is 0.288. The fourth-order valence-corrected chi connectivity index (χ4v) is 2.14. The Morgan fingerprint density at radius 2 is 2.10 bits per heavy atom. The van der Waals surface area contributed by atoms with Crippen molar-refractivity contribution in [1.29, 1.82) is 0 Å². The number of aromatic nitrogens is 1. The molecule has 3 nitrogen and oxygen atoms in total. The second kappa shape index (κ2) is 7.65. The summed E-state index contributed by atoms with van der Waals surface area (Å²) in [6, 6.07) is 14.6. The minimum absolute atomic E-state index is 0.384. The minimum atomic E-state index is 0.384. The van der Waals surface area contributed by atoms with Crippen molar-refractivity contribution < 1.29 is 4.74 Å². The molecule has 0 aliphatic heterocycles. The highest BCUT2D eigenvalue weighted by Gasteiger charge is 2.08. The van der Waals surface area contributed by atoms with Crippen molar-refractivity contribution in [3.8, 4) is 5.75 Å². The Kier molecular flexibility index (Phi) is 5.56. The summed E-state index contributed by atoms with van der Waals surface area (Å²) in [6.07, 6.45) is 3.72. The molecule has 106 valence electrons. The molecule has 0 saturated carbocycles. The van der Waals surface area contributed by atoms with Gasteiger partial charge >= 0.3 is 0 Å². The Labute approximate surface area is 121 Å². The van der Waals surface area contributed by atoms with E-state index in [1.54, 1.807) is 0 Å². The van der Waals surface area contributed by atoms with Gasteiger partial charge in [-0.3, -0.25) is 4.98 Å². The van der Waals surface area contributed by atoms with Gasteiger partial charge in [0.2, 0.25) is 0 Å². The number of ether oxygens (including phenoxy) is 1. The average molecular weight is 270 g/mol. The topological polar surface area (TPSA) is 34.1 Å². The van der Waals surface area contributed by atoms with Crippen molar-refractivity contribution in [3.05, 3.63) is 59.9 Å². The molecule has 0 aliphatic rings. The van der Waals surface area contributed by atoms with Crippen molar-refractivity contribution in [2.24, 2.45) is 0 Å². The molecule has 1 aromatic carbocycles. The van der Waals surface area contributed by atoms with E-state index in [1.165, 1.54) is 5.56 Å². The summed E-state index contributed by atoms with van der Waals surface area (Å²) < 4.78 is 5.80. The Morgan fingerprint density at radius 3 is 2.80 bits per heavy atom. The Hall–Kier alpha value is -1.87. The number of benzene rings is 1. The van der Waals surface area contributed by atoms with Gasteiger partial charge < -0.3 is 10.1 Å². The van der Waals surface area contributed by atoms with Gasteiger partial charge in [0.05, 0.1) is 6.61 Å². The van der Waals surface area contributed by atoms with E-state index in [-0.39, 0.29) is 0 Å². The van der Waals surface area contributed by atoms with Gasteiger partial charge in [-0.05, 0) is 50.2 Å². The maximum atomic E-state index is 5.80. The molecule has 20 heavy (non-hydrogen) atoms. The van der Waals surface area contributed by atoms with Crippen molar-refractivity contribution in [1.82, 2.24) is 10.3 Å². The molecule has 1 N–H and O–H groups in total. The summed E-state index contributed by atoms with van der Waals surface area (Å²) >= 11 is 0. The Morgan fingerprint density at radius 1 is 1.20 bits per heavy atom. The summed E-state index contributed by atoms with van der Waals surface area (Å²) in [5.41, 5.74) is 2.34. The predicted octanol–water partition coefficient (Wildman–Crippen LogP) is 2.99. The van der Waals surface area contributed by atoms with Crippen molar-refractivity contribution in [2.75, 3.05) is 13.7 Å². The average Bonchev–Trinajstić information content (AvgIpc) is 2.47. The molecular weight excluding hydrogens is 248 g/mol. The fraction of sp³-hybridized carbons (Fsp3) is 0.353. The standard InChI is InChI=1S/C17H22N2O/c1-14-6-5-8-17(12-14)20-11-9-15(18-2)13-16-7-3-4-10-19-16/h3-8,10,12,15,18H,9,11,13H2,1-2H3. The molecule has 2 rings (SSSR count). The van der Waals surface area contributed by atoms with E-state index in [2.05, 4.69) is 35.4 Å². The van der Waals surface area contributed by atoms with Gasteiger partial charge in [0, 0.05) is 24.4 Å². The quantitative estimate of drug-likeness (QED) is 0.840. The first kappa shape index (κ1) is 14.5. The molecule has 0 fully saturated rings. The zero-order chi connectivity index (χ0) is 14.2. The largest absolute Gasteiger partial charge is 0.494 e. The number of nitrogens with one attached hydrogen (secondary N) is 1. The van der Waals surface area contributed by atoms with Gasteiger partial charge in [-0.1, -0.05) is 18.2 Å². The molecule has 0 amide bonds.